The lowest BCUT2D eigenvalue weighted by molar-refractivity contribution is -0.146. The Hall–Kier alpha value is -2.19. The summed E-state index contributed by atoms with van der Waals surface area (Å²) in [5.41, 5.74) is 9.66. The molecule has 3 aliphatic heterocycles. The minimum atomic E-state index is -0.450. The highest BCUT2D eigenvalue weighted by atomic mass is 19.1. The quantitative estimate of drug-likeness (QED) is 0.674. The van der Waals surface area contributed by atoms with E-state index in [1.165, 1.54) is 12.5 Å². The summed E-state index contributed by atoms with van der Waals surface area (Å²) < 4.78 is 14.7. The van der Waals surface area contributed by atoms with Gasteiger partial charge in [0.25, 0.3) is 0 Å². The number of rotatable bonds is 6. The first-order valence-corrected chi connectivity index (χ1v) is 11.6. The van der Waals surface area contributed by atoms with Crippen LogP contribution in [0.15, 0.2) is 18.2 Å². The number of hydrogen-bond acceptors (Lipinski definition) is 6. The van der Waals surface area contributed by atoms with E-state index in [-0.39, 0.29) is 17.5 Å². The molecular weight excluding hydrogens is 397 g/mol. The van der Waals surface area contributed by atoms with Crippen molar-refractivity contribution in [3.63, 3.8) is 0 Å². The normalized spacial score (nSPS) is 22.3. The molecule has 0 radical (unpaired) electrons. The second-order valence-corrected chi connectivity index (χ2v) is 9.15. The van der Waals surface area contributed by atoms with Gasteiger partial charge in [-0.05, 0) is 82.3 Å². The van der Waals surface area contributed by atoms with Crippen molar-refractivity contribution in [1.29, 1.82) is 0 Å². The van der Waals surface area contributed by atoms with Crippen molar-refractivity contribution in [2.24, 2.45) is 11.7 Å². The number of hydrogen-bond donors (Lipinski definition) is 2. The van der Waals surface area contributed by atoms with Crippen molar-refractivity contribution < 1.29 is 14.0 Å². The summed E-state index contributed by atoms with van der Waals surface area (Å²) in [6.07, 6.45) is 6.83. The lowest BCUT2D eigenvalue weighted by Gasteiger charge is -2.36. The first kappa shape index (κ1) is 22.0. The number of nitrogens with one attached hydrogen (secondary N) is 1. The van der Waals surface area contributed by atoms with Crippen LogP contribution in [-0.4, -0.2) is 60.5 Å². The van der Waals surface area contributed by atoms with E-state index in [0.29, 0.717) is 31.2 Å². The van der Waals surface area contributed by atoms with Gasteiger partial charge in [-0.1, -0.05) is 0 Å². The smallest absolute Gasteiger partial charge is 0.248 e. The second-order valence-electron chi connectivity index (χ2n) is 9.15. The van der Waals surface area contributed by atoms with Crippen molar-refractivity contribution in [1.82, 2.24) is 9.91 Å². The summed E-state index contributed by atoms with van der Waals surface area (Å²) in [5, 5.41) is 0.948. The number of nitrogens with zero attached hydrogens (tertiary/aromatic N) is 3. The van der Waals surface area contributed by atoms with Gasteiger partial charge >= 0.3 is 0 Å². The molecule has 0 atom stereocenters. The fourth-order valence-electron chi connectivity index (χ4n) is 4.81. The SMILES string of the molecule is NC1CCN(CCC2CCN(c3ccc(NN4C(=O)CCCC4=O)c(F)c3)CC2)CC1. The molecule has 31 heavy (non-hydrogen) atoms. The fourth-order valence-corrected chi connectivity index (χ4v) is 4.81. The van der Waals surface area contributed by atoms with Crippen LogP contribution in [0.25, 0.3) is 0 Å². The number of benzene rings is 1. The number of likely N-dealkylation sites (tertiary alicyclic amines) is 1. The van der Waals surface area contributed by atoms with E-state index in [9.17, 15) is 14.0 Å². The van der Waals surface area contributed by atoms with E-state index in [1.807, 2.05) is 6.07 Å². The predicted molar refractivity (Wildman–Crippen MR) is 119 cm³/mol. The molecule has 1 aromatic rings. The summed E-state index contributed by atoms with van der Waals surface area (Å²) in [5.74, 6) is -0.355. The van der Waals surface area contributed by atoms with Crippen molar-refractivity contribution in [3.8, 4) is 0 Å². The van der Waals surface area contributed by atoms with Crippen LogP contribution in [-0.2, 0) is 9.59 Å². The Morgan fingerprint density at radius 1 is 1.00 bits per heavy atom. The topological polar surface area (TPSA) is 81.9 Å². The van der Waals surface area contributed by atoms with Crippen LogP contribution in [0.2, 0.25) is 0 Å². The largest absolute Gasteiger partial charge is 0.371 e. The van der Waals surface area contributed by atoms with Crippen molar-refractivity contribution in [2.75, 3.05) is 43.0 Å². The molecule has 0 spiro atoms. The monoisotopic (exact) mass is 431 g/mol. The third-order valence-corrected chi connectivity index (χ3v) is 6.93. The number of carbonyl (C=O) groups excluding carboxylic acids is 2. The summed E-state index contributed by atoms with van der Waals surface area (Å²) in [6.45, 7) is 5.23. The number of imide groups is 1. The molecule has 7 nitrogen and oxygen atoms in total. The minimum absolute atomic E-state index is 0.156. The second kappa shape index (κ2) is 9.96. The van der Waals surface area contributed by atoms with Crippen LogP contribution in [0.5, 0.6) is 0 Å². The number of amides is 2. The van der Waals surface area contributed by atoms with Crippen LogP contribution in [0, 0.1) is 11.7 Å². The molecule has 0 saturated carbocycles. The molecule has 0 aromatic heterocycles. The zero-order valence-electron chi connectivity index (χ0n) is 18.2. The van der Waals surface area contributed by atoms with Crippen LogP contribution in [0.3, 0.4) is 0 Å². The predicted octanol–water partition coefficient (Wildman–Crippen LogP) is 2.72. The number of piperidine rings is 3. The van der Waals surface area contributed by atoms with E-state index in [2.05, 4.69) is 15.2 Å². The van der Waals surface area contributed by atoms with E-state index in [4.69, 9.17) is 5.73 Å². The zero-order chi connectivity index (χ0) is 21.8. The number of carbonyl (C=O) groups is 2. The number of halogens is 1. The Morgan fingerprint density at radius 3 is 2.32 bits per heavy atom. The lowest BCUT2D eigenvalue weighted by atomic mass is 9.92. The highest BCUT2D eigenvalue weighted by Gasteiger charge is 2.27. The van der Waals surface area contributed by atoms with Gasteiger partial charge in [0.1, 0.15) is 5.82 Å². The molecule has 1 aromatic carbocycles. The molecule has 170 valence electrons. The molecule has 2 amide bonds. The van der Waals surface area contributed by atoms with Crippen LogP contribution in [0.1, 0.15) is 51.4 Å². The first-order chi connectivity index (χ1) is 15.0. The maximum Gasteiger partial charge on any atom is 0.248 e. The third kappa shape index (κ3) is 5.54. The molecule has 3 fully saturated rings. The molecule has 8 heteroatoms. The van der Waals surface area contributed by atoms with E-state index in [0.717, 1.165) is 69.1 Å². The van der Waals surface area contributed by atoms with Crippen LogP contribution in [0.4, 0.5) is 15.8 Å². The van der Waals surface area contributed by atoms with Gasteiger partial charge in [0.15, 0.2) is 0 Å². The van der Waals surface area contributed by atoms with E-state index >= 15 is 0 Å². The number of nitrogens with two attached hydrogens (primary N) is 1. The van der Waals surface area contributed by atoms with Gasteiger partial charge in [-0.15, -0.1) is 0 Å². The fraction of sp³-hybridized carbons (Fsp3) is 0.652. The maximum absolute atomic E-state index is 14.7. The van der Waals surface area contributed by atoms with Gasteiger partial charge in [-0.3, -0.25) is 15.0 Å². The number of anilines is 2. The summed E-state index contributed by atoms with van der Waals surface area (Å²) in [6, 6.07) is 5.36. The van der Waals surface area contributed by atoms with Gasteiger partial charge in [-0.2, -0.15) is 5.01 Å². The Labute approximate surface area is 183 Å². The minimum Gasteiger partial charge on any atom is -0.371 e. The van der Waals surface area contributed by atoms with Gasteiger partial charge < -0.3 is 15.5 Å². The average molecular weight is 432 g/mol. The lowest BCUT2D eigenvalue weighted by Crippen LogP contribution is -2.44. The van der Waals surface area contributed by atoms with Gasteiger partial charge in [0.05, 0.1) is 5.69 Å². The summed E-state index contributed by atoms with van der Waals surface area (Å²) in [4.78, 5) is 28.6. The Bertz CT molecular complexity index is 772. The Morgan fingerprint density at radius 2 is 1.68 bits per heavy atom. The first-order valence-electron chi connectivity index (χ1n) is 11.6. The van der Waals surface area contributed by atoms with Gasteiger partial charge in [0, 0.05) is 37.7 Å². The third-order valence-electron chi connectivity index (χ3n) is 6.93. The highest BCUT2D eigenvalue weighted by Crippen LogP contribution is 2.29. The molecule has 4 rings (SSSR count). The maximum atomic E-state index is 14.7. The summed E-state index contributed by atoms with van der Waals surface area (Å²) >= 11 is 0. The molecule has 0 bridgehead atoms. The average Bonchev–Trinajstić information content (AvgIpc) is 2.77. The molecule has 3 N–H and O–H groups in total. The van der Waals surface area contributed by atoms with Crippen molar-refractivity contribution in [2.45, 2.75) is 57.4 Å². The van der Waals surface area contributed by atoms with E-state index in [1.54, 1.807) is 6.07 Å². The Balaban J connectivity index is 1.26. The number of hydrazine groups is 1. The Kier molecular flexibility index (Phi) is 7.07. The molecule has 0 unspecified atom stereocenters. The molecule has 0 aliphatic carbocycles. The van der Waals surface area contributed by atoms with E-state index < -0.39 is 5.82 Å². The van der Waals surface area contributed by atoms with Gasteiger partial charge in [-0.25, -0.2) is 4.39 Å². The molecule has 3 saturated heterocycles. The van der Waals surface area contributed by atoms with Gasteiger partial charge in [0.2, 0.25) is 11.8 Å². The highest BCUT2D eigenvalue weighted by molar-refractivity contribution is 5.98. The molecular formula is C23H34FN5O2. The van der Waals surface area contributed by atoms with Crippen molar-refractivity contribution in [3.05, 3.63) is 24.0 Å². The standard InChI is InChI=1S/C23H34FN5O2/c24-20-16-19(4-5-21(20)26-29-22(30)2-1-3-23(29)31)28-14-7-17(8-15-28)6-11-27-12-9-18(25)10-13-27/h4-5,16-18,26H,1-3,6-15,25H2. The molecule has 3 aliphatic rings. The van der Waals surface area contributed by atoms with Crippen LogP contribution >= 0.6 is 0 Å². The zero-order valence-corrected chi connectivity index (χ0v) is 18.2. The van der Waals surface area contributed by atoms with Crippen LogP contribution < -0.4 is 16.1 Å². The molecule has 3 heterocycles. The summed E-state index contributed by atoms with van der Waals surface area (Å²) in [7, 11) is 0. The van der Waals surface area contributed by atoms with Crippen molar-refractivity contribution >= 4 is 23.2 Å².